The molecule has 3 aliphatic heterocycles. The molecular formula is C25H40N2O6. The first kappa shape index (κ1) is 25.9. The van der Waals surface area contributed by atoms with Crippen LogP contribution in [0.4, 0.5) is 4.79 Å². The molecule has 3 saturated heterocycles. The fraction of sp³-hybridized carbons (Fsp3) is 0.720. The molecule has 0 radical (unpaired) electrons. The van der Waals surface area contributed by atoms with Crippen LogP contribution in [-0.2, 0) is 23.7 Å². The van der Waals surface area contributed by atoms with Crippen LogP contribution in [0, 0.1) is 0 Å². The molecule has 0 saturated carbocycles. The number of amides is 1. The van der Waals surface area contributed by atoms with Crippen LogP contribution in [0.2, 0.25) is 0 Å². The zero-order chi connectivity index (χ0) is 23.9. The maximum Gasteiger partial charge on any atom is 0.407 e. The van der Waals surface area contributed by atoms with Crippen LogP contribution in [0.5, 0.6) is 0 Å². The smallest absolute Gasteiger partial charge is 0.407 e. The Morgan fingerprint density at radius 1 is 1.27 bits per heavy atom. The molecule has 33 heavy (non-hydrogen) atoms. The van der Waals surface area contributed by atoms with E-state index in [1.807, 2.05) is 19.1 Å². The Hall–Kier alpha value is -1.71. The van der Waals surface area contributed by atoms with Crippen molar-refractivity contribution in [3.63, 3.8) is 0 Å². The van der Waals surface area contributed by atoms with Crippen molar-refractivity contribution >= 4 is 6.09 Å². The van der Waals surface area contributed by atoms with Gasteiger partial charge in [0.05, 0.1) is 43.2 Å². The van der Waals surface area contributed by atoms with Gasteiger partial charge in [0.1, 0.15) is 6.10 Å². The Balaban J connectivity index is 1.32. The lowest BCUT2D eigenvalue weighted by Gasteiger charge is -2.38. The minimum absolute atomic E-state index is 0.0378. The molecule has 2 N–H and O–H groups in total. The minimum atomic E-state index is -0.437. The maximum absolute atomic E-state index is 11.2. The summed E-state index contributed by atoms with van der Waals surface area (Å²) >= 11 is 0. The third-order valence-electron chi connectivity index (χ3n) is 5.95. The van der Waals surface area contributed by atoms with Gasteiger partial charge >= 0.3 is 6.09 Å². The highest BCUT2D eigenvalue weighted by atomic mass is 16.7. The van der Waals surface area contributed by atoms with Gasteiger partial charge in [-0.15, -0.1) is 0 Å². The maximum atomic E-state index is 11.2. The van der Waals surface area contributed by atoms with Gasteiger partial charge in [0.2, 0.25) is 0 Å². The summed E-state index contributed by atoms with van der Waals surface area (Å²) in [6, 6.07) is 0.134. The Morgan fingerprint density at radius 2 is 2.00 bits per heavy atom. The van der Waals surface area contributed by atoms with Gasteiger partial charge in [-0.1, -0.05) is 29.9 Å². The van der Waals surface area contributed by atoms with Crippen molar-refractivity contribution in [1.29, 1.82) is 0 Å². The van der Waals surface area contributed by atoms with Crippen LogP contribution < -0.4 is 10.6 Å². The van der Waals surface area contributed by atoms with Gasteiger partial charge in [-0.2, -0.15) is 0 Å². The monoisotopic (exact) mass is 464 g/mol. The summed E-state index contributed by atoms with van der Waals surface area (Å²) < 4.78 is 28.7. The highest BCUT2D eigenvalue weighted by Gasteiger charge is 2.53. The number of epoxide rings is 1. The molecule has 3 unspecified atom stereocenters. The summed E-state index contributed by atoms with van der Waals surface area (Å²) in [7, 11) is 1.54. The number of carbonyl (C=O) groups excluding carboxylic acids is 1. The van der Waals surface area contributed by atoms with E-state index in [4.69, 9.17) is 23.7 Å². The minimum Gasteiger partial charge on any atom is -0.442 e. The highest BCUT2D eigenvalue weighted by molar-refractivity contribution is 5.66. The first-order valence-electron chi connectivity index (χ1n) is 11.9. The van der Waals surface area contributed by atoms with Crippen LogP contribution in [-0.4, -0.2) is 75.2 Å². The molecule has 8 nitrogen and oxygen atoms in total. The summed E-state index contributed by atoms with van der Waals surface area (Å²) in [4.78, 5) is 11.2. The highest BCUT2D eigenvalue weighted by Crippen LogP contribution is 2.46. The molecule has 3 rings (SSSR count). The second-order valence-electron chi connectivity index (χ2n) is 9.80. The zero-order valence-electron chi connectivity index (χ0n) is 20.6. The Morgan fingerprint density at radius 3 is 2.67 bits per heavy atom. The summed E-state index contributed by atoms with van der Waals surface area (Å²) in [5.74, 6) is 0. The first-order valence-corrected chi connectivity index (χ1v) is 11.9. The average Bonchev–Trinajstić information content (AvgIpc) is 3.50. The SMILES string of the molecule is CNC(=O)OC(C)C=CCNC1COC(CC=C(C)C=CC2CC3(CO3)CC(C)(C)O2)OC1. The van der Waals surface area contributed by atoms with Crippen molar-refractivity contribution in [1.82, 2.24) is 10.6 Å². The van der Waals surface area contributed by atoms with E-state index < -0.39 is 6.09 Å². The van der Waals surface area contributed by atoms with Crippen LogP contribution in [0.25, 0.3) is 0 Å². The standard InChI is InChI=1S/C25H40N2O6/c1-18(8-10-21-13-25(17-31-25)16-24(3,4)33-21)9-11-22-29-14-20(15-30-22)27-12-6-7-19(2)32-23(28)26-5/h6-10,19-22,27H,11-17H2,1-5H3,(H,26,28). The van der Waals surface area contributed by atoms with Crippen LogP contribution in [0.15, 0.2) is 36.0 Å². The van der Waals surface area contributed by atoms with E-state index in [9.17, 15) is 4.79 Å². The number of alkyl carbamates (subject to hydrolysis) is 1. The number of rotatable bonds is 9. The first-order chi connectivity index (χ1) is 15.7. The molecule has 3 fully saturated rings. The number of nitrogens with one attached hydrogen (secondary N) is 2. The van der Waals surface area contributed by atoms with E-state index in [0.717, 1.165) is 19.4 Å². The number of hydrogen-bond donors (Lipinski definition) is 2. The van der Waals surface area contributed by atoms with E-state index in [1.54, 1.807) is 0 Å². The van der Waals surface area contributed by atoms with E-state index in [2.05, 4.69) is 49.6 Å². The molecular weight excluding hydrogens is 424 g/mol. The van der Waals surface area contributed by atoms with Crippen molar-refractivity contribution in [3.05, 3.63) is 36.0 Å². The Bertz CT molecular complexity index is 729. The van der Waals surface area contributed by atoms with Gasteiger partial charge in [-0.25, -0.2) is 4.79 Å². The van der Waals surface area contributed by atoms with Crippen LogP contribution in [0.1, 0.15) is 47.0 Å². The van der Waals surface area contributed by atoms with E-state index in [1.165, 1.54) is 12.6 Å². The normalized spacial score (nSPS) is 32.9. The number of hydrogen-bond acceptors (Lipinski definition) is 7. The van der Waals surface area contributed by atoms with Gasteiger partial charge < -0.3 is 34.3 Å². The van der Waals surface area contributed by atoms with Gasteiger partial charge in [0, 0.05) is 32.9 Å². The third-order valence-corrected chi connectivity index (χ3v) is 5.95. The van der Waals surface area contributed by atoms with E-state index in [-0.39, 0.29) is 35.7 Å². The van der Waals surface area contributed by atoms with Gasteiger partial charge in [-0.3, -0.25) is 0 Å². The molecule has 1 spiro atoms. The topological polar surface area (TPSA) is 90.6 Å². The quantitative estimate of drug-likeness (QED) is 0.308. The predicted molar refractivity (Wildman–Crippen MR) is 126 cm³/mol. The predicted octanol–water partition coefficient (Wildman–Crippen LogP) is 3.24. The summed E-state index contributed by atoms with van der Waals surface area (Å²) in [6.45, 7) is 10.9. The molecule has 0 bridgehead atoms. The molecule has 0 aliphatic carbocycles. The molecule has 0 aromatic rings. The molecule has 3 heterocycles. The fourth-order valence-electron chi connectivity index (χ4n) is 4.30. The summed E-state index contributed by atoms with van der Waals surface area (Å²) in [5.41, 5.74) is 1.05. The van der Waals surface area contributed by atoms with Crippen molar-refractivity contribution in [2.45, 2.75) is 82.7 Å². The Labute approximate surface area is 197 Å². The van der Waals surface area contributed by atoms with Crippen LogP contribution >= 0.6 is 0 Å². The summed E-state index contributed by atoms with van der Waals surface area (Å²) in [5, 5.41) is 5.79. The second-order valence-corrected chi connectivity index (χ2v) is 9.80. The number of allylic oxidation sites excluding steroid dienone is 2. The number of ether oxygens (including phenoxy) is 5. The molecule has 0 aromatic carbocycles. The molecule has 1 amide bonds. The lowest BCUT2D eigenvalue weighted by Crippen LogP contribution is -2.44. The molecule has 8 heteroatoms. The lowest BCUT2D eigenvalue weighted by molar-refractivity contribution is -0.186. The summed E-state index contributed by atoms with van der Waals surface area (Å²) in [6.07, 6.45) is 11.9. The van der Waals surface area contributed by atoms with Gasteiger partial charge in [0.15, 0.2) is 6.29 Å². The molecule has 3 aliphatic rings. The lowest BCUT2D eigenvalue weighted by atomic mass is 9.85. The van der Waals surface area contributed by atoms with Crippen molar-refractivity contribution in [3.8, 4) is 0 Å². The fourth-order valence-corrected chi connectivity index (χ4v) is 4.30. The van der Waals surface area contributed by atoms with Gasteiger partial charge in [0.25, 0.3) is 0 Å². The zero-order valence-corrected chi connectivity index (χ0v) is 20.6. The van der Waals surface area contributed by atoms with Crippen LogP contribution in [0.3, 0.4) is 0 Å². The molecule has 3 atom stereocenters. The Kier molecular flexibility index (Phi) is 9.12. The second kappa shape index (κ2) is 11.6. The van der Waals surface area contributed by atoms with E-state index >= 15 is 0 Å². The average molecular weight is 465 g/mol. The van der Waals surface area contributed by atoms with Crippen molar-refractivity contribution in [2.75, 3.05) is 33.4 Å². The largest absolute Gasteiger partial charge is 0.442 e. The van der Waals surface area contributed by atoms with Crippen molar-refractivity contribution < 1.29 is 28.5 Å². The molecule has 186 valence electrons. The third kappa shape index (κ3) is 8.87. The molecule has 0 aromatic heterocycles. The number of carbonyl (C=O) groups is 1. The van der Waals surface area contributed by atoms with Crippen molar-refractivity contribution in [2.24, 2.45) is 0 Å². The van der Waals surface area contributed by atoms with E-state index in [0.29, 0.717) is 26.2 Å². The van der Waals surface area contributed by atoms with Gasteiger partial charge in [-0.05, 0) is 33.8 Å².